The first kappa shape index (κ1) is 105. The van der Waals surface area contributed by atoms with Gasteiger partial charge in [0.15, 0.2) is 23.3 Å². The second-order valence-corrected chi connectivity index (χ2v) is 36.0. The van der Waals surface area contributed by atoms with Gasteiger partial charge in [0, 0.05) is 162 Å². The van der Waals surface area contributed by atoms with Gasteiger partial charge in [-0.15, -0.1) is 11.8 Å². The first-order chi connectivity index (χ1) is 62.9. The van der Waals surface area contributed by atoms with Gasteiger partial charge < -0.3 is 99.6 Å². The van der Waals surface area contributed by atoms with Crippen molar-refractivity contribution in [1.29, 1.82) is 5.41 Å². The summed E-state index contributed by atoms with van der Waals surface area (Å²) in [6, 6.07) is 10.4. The lowest BCUT2D eigenvalue weighted by Crippen LogP contribution is -2.58. The van der Waals surface area contributed by atoms with Gasteiger partial charge in [0.2, 0.25) is 76.8 Å². The van der Waals surface area contributed by atoms with Crippen molar-refractivity contribution < 1.29 is 81.5 Å². The number of thioether (sulfide) groups is 1. The Morgan fingerprint density at radius 2 is 1.12 bits per heavy atom. The number of hydrogen-bond donors (Lipinski definition) is 15. The van der Waals surface area contributed by atoms with Crippen molar-refractivity contribution in [1.82, 2.24) is 81.7 Å². The van der Waals surface area contributed by atoms with Crippen LogP contribution in [0, 0.1) is 35.0 Å². The highest BCUT2D eigenvalue weighted by molar-refractivity contribution is 8.00. The van der Waals surface area contributed by atoms with Crippen molar-refractivity contribution in [2.75, 3.05) is 72.4 Å². The molecule has 716 valence electrons. The summed E-state index contributed by atoms with van der Waals surface area (Å²) in [6.07, 6.45) is 5.61. The zero-order valence-electron chi connectivity index (χ0n) is 76.8. The Morgan fingerprint density at radius 3 is 1.73 bits per heavy atom. The van der Waals surface area contributed by atoms with Crippen molar-refractivity contribution >= 4 is 139 Å². The minimum absolute atomic E-state index is 0.0268. The number of hydrogen-bond acceptors (Lipinski definition) is 21. The second kappa shape index (κ2) is 51.2. The van der Waals surface area contributed by atoms with E-state index in [1.54, 1.807) is 54.9 Å². The molecule has 2 aliphatic rings. The number of aromatic nitrogens is 4. The van der Waals surface area contributed by atoms with E-state index in [0.717, 1.165) is 21.6 Å². The standard InChI is InChI=1S/C93H131N21O17S/c1-10-12-30-73-78(117)40-57(25-21-33-100-93(97)98)85(124)109-72(87(126)103-49-81(96)120)51-132-52-83(122)106-69(36-56-23-15-14-16-24-56)89(128)111(7)55(5)84(123)107-71(44-80(95)119)91(130)114-34-22-32-74(114)79(118)41-58(37-63-48-99-53-104-63)76(115)42-59(35-54(3)4)88(127)110(6)50-82(121)105-68(38-61-46-101-66-28-19-17-26-64(61)66)77(116)43-60(45-94)86(125)108-70(39-62-47-102-67-29-20-18-27-65(62)67)90(129)113(9)75(31-13-11-2)92(131)112(73)8/h14-20,23-24,26-29,46-48,53-55,57-60,68-75,101-102H,10-13,21-22,25,30-45,49-52,94H2,1-9H3,(H2,95,119)(H2,96,120)(H,99,104)(H,103,126)(H,105,121)(H,106,122)(H,107,123)(H,108,125)(H,109,124)(H4,97,98,100)/t55-,57+,58+,59+,60-,68-,69-,70-,71-,72-,73-,74-,75-/m0/s1. The molecule has 2 aliphatic heterocycles. The molecule has 5 heterocycles. The molecule has 3 aromatic heterocycles. The Balaban J connectivity index is 1.18. The molecular formula is C93H131N21O17S. The molecule has 13 amide bonds. The average molecular weight is 1850 g/mol. The van der Waals surface area contributed by atoms with Gasteiger partial charge in [0.1, 0.15) is 42.0 Å². The number of nitrogens with two attached hydrogens (primary N) is 4. The van der Waals surface area contributed by atoms with E-state index >= 15 is 33.6 Å². The van der Waals surface area contributed by atoms with E-state index < -0.39 is 235 Å². The van der Waals surface area contributed by atoms with Gasteiger partial charge in [0.05, 0.1) is 55.6 Å². The number of para-hydroxylation sites is 2. The minimum atomic E-state index is -1.69. The van der Waals surface area contributed by atoms with Crippen LogP contribution in [0.25, 0.3) is 21.8 Å². The number of unbranched alkanes of at least 4 members (excludes halogenated alkanes) is 2. The number of carbonyl (C=O) groups is 17. The maximum atomic E-state index is 15.8. The third-order valence-corrected chi connectivity index (χ3v) is 25.5. The lowest BCUT2D eigenvalue weighted by atomic mass is 9.83. The molecule has 2 saturated heterocycles. The summed E-state index contributed by atoms with van der Waals surface area (Å²) in [6.45, 7) is 7.05. The SMILES string of the molecule is CCCC[C@H]1C(=O)N(C)[C@@H](CCCC)C(=O)C[C@@H](CCCNC(=N)N)C(=O)N[C@H](C(=O)NCC(N)=O)CSCC(=O)N[C@@H](Cc2ccccc2)C(=O)N(C)[C@@H](C)C(=O)N[C@@H](CC(N)=O)C(=O)N2CCC[C@H]2C(=O)C[C@@H](Cc2cnc[nH]2)C(=O)C[C@@H](CC(C)C)C(=O)N(C)CC(=O)N[C@@H](Cc2c[nH]c3ccccc23)C(=O)C[C@@H](CN)C(=O)N[C@@H](Cc2c[nH]c3ccccc23)C(=O)N1C. The largest absolute Gasteiger partial charge is 0.370 e. The van der Waals surface area contributed by atoms with E-state index in [9.17, 15) is 47.9 Å². The lowest BCUT2D eigenvalue weighted by Gasteiger charge is -2.36. The van der Waals surface area contributed by atoms with E-state index in [2.05, 4.69) is 57.2 Å². The first-order valence-corrected chi connectivity index (χ1v) is 46.3. The summed E-state index contributed by atoms with van der Waals surface area (Å²) >= 11 is 0.830. The van der Waals surface area contributed by atoms with E-state index in [0.29, 0.717) is 69.9 Å². The second-order valence-electron chi connectivity index (χ2n) is 34.9. The summed E-state index contributed by atoms with van der Waals surface area (Å²) in [7, 11) is 5.49. The number of H-pyrrole nitrogens is 3. The number of aromatic amines is 3. The summed E-state index contributed by atoms with van der Waals surface area (Å²) in [5.74, 6) is -19.3. The summed E-state index contributed by atoms with van der Waals surface area (Å²) in [5.41, 5.74) is 27.0. The number of rotatable bonds is 26. The maximum Gasteiger partial charge on any atom is 0.246 e. The van der Waals surface area contributed by atoms with Crippen LogP contribution in [0.1, 0.15) is 160 Å². The van der Waals surface area contributed by atoms with E-state index in [1.807, 2.05) is 64.1 Å². The molecule has 0 saturated carbocycles. The van der Waals surface area contributed by atoms with Crippen molar-refractivity contribution in [2.45, 2.75) is 217 Å². The molecule has 8 rings (SSSR count). The average Bonchev–Trinajstić information content (AvgIpc) is 1.48. The lowest BCUT2D eigenvalue weighted by molar-refractivity contribution is -0.149. The molecule has 0 aliphatic carbocycles. The molecule has 132 heavy (non-hydrogen) atoms. The molecule has 13 atom stereocenters. The Labute approximate surface area is 772 Å². The van der Waals surface area contributed by atoms with Crippen LogP contribution in [0.15, 0.2) is 104 Å². The molecule has 0 bridgehead atoms. The van der Waals surface area contributed by atoms with Crippen LogP contribution in [0.2, 0.25) is 0 Å². The normalized spacial score (nSPS) is 23.8. The molecule has 39 heteroatoms. The smallest absolute Gasteiger partial charge is 0.246 e. The van der Waals surface area contributed by atoms with Crippen molar-refractivity contribution in [3.63, 3.8) is 0 Å². The van der Waals surface area contributed by atoms with Crippen molar-refractivity contribution in [2.24, 2.45) is 52.5 Å². The molecule has 0 radical (unpaired) electrons. The third kappa shape index (κ3) is 30.5. The fourth-order valence-corrected chi connectivity index (χ4v) is 17.8. The van der Waals surface area contributed by atoms with Crippen molar-refractivity contribution in [3.05, 3.63) is 126 Å². The van der Waals surface area contributed by atoms with Crippen LogP contribution in [-0.4, -0.2) is 277 Å². The molecular weight excluding hydrogens is 1720 g/mol. The molecule has 0 spiro atoms. The van der Waals surface area contributed by atoms with E-state index in [-0.39, 0.29) is 101 Å². The van der Waals surface area contributed by atoms with E-state index in [4.69, 9.17) is 28.3 Å². The zero-order valence-corrected chi connectivity index (χ0v) is 77.6. The van der Waals surface area contributed by atoms with Crippen LogP contribution in [0.5, 0.6) is 0 Å². The van der Waals surface area contributed by atoms with Gasteiger partial charge in [0.25, 0.3) is 0 Å². The van der Waals surface area contributed by atoms with Gasteiger partial charge in [-0.3, -0.25) is 86.9 Å². The fourth-order valence-electron chi connectivity index (χ4n) is 17.0. The van der Waals surface area contributed by atoms with Crippen LogP contribution in [0.4, 0.5) is 0 Å². The van der Waals surface area contributed by atoms with Crippen LogP contribution >= 0.6 is 11.8 Å². The molecule has 0 unspecified atom stereocenters. The van der Waals surface area contributed by atoms with Crippen LogP contribution in [-0.2, 0) is 107 Å². The highest BCUT2D eigenvalue weighted by Gasteiger charge is 2.44. The Hall–Kier alpha value is -12.7. The Kier molecular flexibility index (Phi) is 40.6. The molecule has 19 N–H and O–H groups in total. The summed E-state index contributed by atoms with van der Waals surface area (Å²) in [4.78, 5) is 269. The predicted molar refractivity (Wildman–Crippen MR) is 496 cm³/mol. The molecule has 3 aromatic carbocycles. The van der Waals surface area contributed by atoms with Crippen LogP contribution in [0.3, 0.4) is 0 Å². The number of nitrogens with zero attached hydrogens (tertiary/aromatic N) is 6. The minimum Gasteiger partial charge on any atom is -0.370 e. The number of guanidine groups is 1. The van der Waals surface area contributed by atoms with Crippen molar-refractivity contribution in [3.8, 4) is 0 Å². The molecule has 2 fully saturated rings. The number of primary amides is 2. The van der Waals surface area contributed by atoms with E-state index in [1.165, 1.54) is 62.3 Å². The van der Waals surface area contributed by atoms with Gasteiger partial charge in [-0.05, 0) is 93.0 Å². The number of imidazole rings is 1. The van der Waals surface area contributed by atoms with Gasteiger partial charge in [-0.2, -0.15) is 0 Å². The Bertz CT molecular complexity index is 5040. The highest BCUT2D eigenvalue weighted by atomic mass is 32.2. The van der Waals surface area contributed by atoms with Gasteiger partial charge >= 0.3 is 0 Å². The highest BCUT2D eigenvalue weighted by Crippen LogP contribution is 2.31. The summed E-state index contributed by atoms with van der Waals surface area (Å²) in [5, 5.41) is 28.1. The monoisotopic (exact) mass is 1850 g/mol. The number of likely N-dealkylation sites (N-methyl/N-ethyl adjacent to an activating group) is 4. The predicted octanol–water partition coefficient (Wildman–Crippen LogP) is 2.19. The number of ketones is 4. The molecule has 38 nitrogen and oxygen atoms in total. The zero-order chi connectivity index (χ0) is 96.6. The number of amides is 13. The topological polar surface area (TPSA) is 579 Å². The maximum absolute atomic E-state index is 15.8. The third-order valence-electron chi connectivity index (χ3n) is 24.4. The fraction of sp³-hybridized carbons (Fsp3) is 0.538. The van der Waals surface area contributed by atoms with Gasteiger partial charge in [-0.25, -0.2) is 4.98 Å². The quantitative estimate of drug-likeness (QED) is 0.0210. The number of Topliss-reactive ketones (excluding diaryl/α,β-unsaturated/α-hetero) is 4. The van der Waals surface area contributed by atoms with Crippen LogP contribution < -0.4 is 60.2 Å². The number of nitrogens with one attached hydrogen (secondary N) is 11. The number of fused-ring (bicyclic) bond motifs is 3. The Morgan fingerprint density at radius 1 is 0.553 bits per heavy atom. The number of carbonyl (C=O) groups excluding carboxylic acids is 17. The summed E-state index contributed by atoms with van der Waals surface area (Å²) < 4.78 is 0. The number of benzene rings is 3. The van der Waals surface area contributed by atoms with Gasteiger partial charge in [-0.1, -0.05) is 120 Å². The first-order valence-electron chi connectivity index (χ1n) is 45.2. The molecule has 6 aromatic rings.